The first-order valence-corrected chi connectivity index (χ1v) is 6.50. The van der Waals surface area contributed by atoms with Crippen LogP contribution in [-0.4, -0.2) is 22.8 Å². The van der Waals surface area contributed by atoms with Crippen LogP contribution in [0.5, 0.6) is 11.5 Å². The van der Waals surface area contributed by atoms with Crippen molar-refractivity contribution < 1.29 is 19.8 Å². The monoisotopic (exact) mass is 286 g/mol. The molecule has 4 nitrogen and oxygen atoms in total. The number of aromatic hydroxyl groups is 2. The topological polar surface area (TPSA) is 74.6 Å². The number of para-hydroxylation sites is 1. The number of benzene rings is 2. The van der Waals surface area contributed by atoms with E-state index in [9.17, 15) is 14.7 Å². The second-order valence-corrected chi connectivity index (χ2v) is 4.77. The summed E-state index contributed by atoms with van der Waals surface area (Å²) in [4.78, 5) is 20.5. The van der Waals surface area contributed by atoms with Crippen molar-refractivity contribution in [2.45, 2.75) is 19.8 Å². The lowest BCUT2D eigenvalue weighted by Crippen LogP contribution is -1.89. The Kier molecular flexibility index (Phi) is 6.14. The third-order valence-corrected chi connectivity index (χ3v) is 2.91. The first-order valence-electron chi connectivity index (χ1n) is 6.50. The largest absolute Gasteiger partial charge is 0.507 e. The van der Waals surface area contributed by atoms with Crippen molar-refractivity contribution in [2.75, 3.05) is 0 Å². The molecule has 0 heterocycles. The van der Waals surface area contributed by atoms with Crippen LogP contribution >= 0.6 is 0 Å². The third-order valence-electron chi connectivity index (χ3n) is 2.91. The fourth-order valence-corrected chi connectivity index (χ4v) is 1.61. The van der Waals surface area contributed by atoms with Gasteiger partial charge in [-0.1, -0.05) is 32.0 Å². The number of phenolic OH excluding ortho intramolecular Hbond substituents is 2. The van der Waals surface area contributed by atoms with E-state index in [1.54, 1.807) is 30.3 Å². The van der Waals surface area contributed by atoms with E-state index < -0.39 is 0 Å². The molecule has 2 N–H and O–H groups in total. The average molecular weight is 286 g/mol. The molecule has 0 aliphatic heterocycles. The Morgan fingerprint density at radius 3 is 1.90 bits per heavy atom. The van der Waals surface area contributed by atoms with Crippen LogP contribution in [0.3, 0.4) is 0 Å². The van der Waals surface area contributed by atoms with Gasteiger partial charge in [-0.2, -0.15) is 0 Å². The number of carbonyl (C=O) groups excluding carboxylic acids is 2. The molecule has 0 aliphatic rings. The van der Waals surface area contributed by atoms with Gasteiger partial charge in [0.05, 0.1) is 11.1 Å². The molecule has 0 saturated heterocycles. The molecule has 0 aromatic heterocycles. The number of aldehydes is 2. The van der Waals surface area contributed by atoms with E-state index in [1.165, 1.54) is 6.07 Å². The highest BCUT2D eigenvalue weighted by Crippen LogP contribution is 2.21. The quantitative estimate of drug-likeness (QED) is 0.846. The van der Waals surface area contributed by atoms with Crippen molar-refractivity contribution in [3.05, 3.63) is 59.2 Å². The Morgan fingerprint density at radius 2 is 1.43 bits per heavy atom. The Morgan fingerprint density at radius 1 is 0.857 bits per heavy atom. The molecule has 0 bridgehead atoms. The Bertz CT molecular complexity index is 618. The Labute approximate surface area is 123 Å². The molecule has 0 aliphatic carbocycles. The zero-order valence-electron chi connectivity index (χ0n) is 12.0. The van der Waals surface area contributed by atoms with E-state index in [0.717, 1.165) is 5.56 Å². The van der Waals surface area contributed by atoms with Crippen LogP contribution in [0.2, 0.25) is 0 Å². The highest BCUT2D eigenvalue weighted by molar-refractivity contribution is 5.79. The highest BCUT2D eigenvalue weighted by atomic mass is 16.3. The predicted molar refractivity (Wildman–Crippen MR) is 81.1 cm³/mol. The van der Waals surface area contributed by atoms with Crippen LogP contribution in [0.15, 0.2) is 42.5 Å². The first-order chi connectivity index (χ1) is 9.99. The summed E-state index contributed by atoms with van der Waals surface area (Å²) in [5.74, 6) is 0.464. The van der Waals surface area contributed by atoms with Crippen LogP contribution in [0.1, 0.15) is 46.0 Å². The molecule has 2 aromatic carbocycles. The number of hydrogen-bond acceptors (Lipinski definition) is 4. The minimum Gasteiger partial charge on any atom is -0.507 e. The van der Waals surface area contributed by atoms with E-state index >= 15 is 0 Å². The molecule has 21 heavy (non-hydrogen) atoms. The maximum atomic E-state index is 10.4. The highest BCUT2D eigenvalue weighted by Gasteiger charge is 2.03. The van der Waals surface area contributed by atoms with E-state index in [-0.39, 0.29) is 11.5 Å². The fourth-order valence-electron chi connectivity index (χ4n) is 1.61. The van der Waals surface area contributed by atoms with Gasteiger partial charge < -0.3 is 10.2 Å². The lowest BCUT2D eigenvalue weighted by atomic mass is 10.0. The molecule has 0 unspecified atom stereocenters. The van der Waals surface area contributed by atoms with Crippen LogP contribution in [0, 0.1) is 0 Å². The van der Waals surface area contributed by atoms with Crippen molar-refractivity contribution >= 4 is 12.6 Å². The first kappa shape index (κ1) is 16.4. The van der Waals surface area contributed by atoms with Gasteiger partial charge in [0, 0.05) is 0 Å². The normalized spacial score (nSPS) is 9.67. The predicted octanol–water partition coefficient (Wildman–Crippen LogP) is 3.53. The summed E-state index contributed by atoms with van der Waals surface area (Å²) in [7, 11) is 0. The molecule has 0 spiro atoms. The molecule has 0 radical (unpaired) electrons. The average Bonchev–Trinajstić information content (AvgIpc) is 2.48. The summed E-state index contributed by atoms with van der Waals surface area (Å²) in [6, 6.07) is 11.5. The SMILES string of the molecule is CC(C)c1ccc(O)c(C=O)c1.O=Cc1ccccc1O. The van der Waals surface area contributed by atoms with Gasteiger partial charge in [-0.15, -0.1) is 0 Å². The molecular formula is C17H18O4. The maximum Gasteiger partial charge on any atom is 0.153 e. The van der Waals surface area contributed by atoms with Crippen molar-refractivity contribution in [2.24, 2.45) is 0 Å². The fraction of sp³-hybridized carbons (Fsp3) is 0.176. The second kappa shape index (κ2) is 7.85. The summed E-state index contributed by atoms with van der Waals surface area (Å²) in [6.45, 7) is 4.09. The smallest absolute Gasteiger partial charge is 0.153 e. The third kappa shape index (κ3) is 4.76. The van der Waals surface area contributed by atoms with E-state index in [2.05, 4.69) is 0 Å². The summed E-state index contributed by atoms with van der Waals surface area (Å²) >= 11 is 0. The van der Waals surface area contributed by atoms with Crippen LogP contribution < -0.4 is 0 Å². The molecular weight excluding hydrogens is 268 g/mol. The standard InChI is InChI=1S/C10H12O2.C7H6O2/c1-7(2)8-3-4-10(12)9(5-8)6-11;8-5-6-3-1-2-4-7(6)9/h3-7,12H,1-2H3;1-5,9H. The molecule has 4 heteroatoms. The van der Waals surface area contributed by atoms with Crippen LogP contribution in [0.4, 0.5) is 0 Å². The number of rotatable bonds is 3. The molecule has 2 aromatic rings. The Balaban J connectivity index is 0.000000219. The maximum absolute atomic E-state index is 10.4. The van der Waals surface area contributed by atoms with Gasteiger partial charge in [-0.25, -0.2) is 0 Å². The number of carbonyl (C=O) groups is 2. The summed E-state index contributed by atoms with van der Waals surface area (Å²) < 4.78 is 0. The van der Waals surface area contributed by atoms with Gasteiger partial charge in [0.15, 0.2) is 12.6 Å². The van der Waals surface area contributed by atoms with E-state index in [0.29, 0.717) is 29.6 Å². The van der Waals surface area contributed by atoms with Crippen molar-refractivity contribution in [3.63, 3.8) is 0 Å². The molecule has 0 saturated carbocycles. The zero-order valence-corrected chi connectivity index (χ0v) is 12.0. The van der Waals surface area contributed by atoms with Crippen molar-refractivity contribution in [1.29, 1.82) is 0 Å². The summed E-state index contributed by atoms with van der Waals surface area (Å²) in [5, 5.41) is 18.1. The number of phenols is 2. The molecule has 0 amide bonds. The molecule has 2 rings (SSSR count). The van der Waals surface area contributed by atoms with Gasteiger partial charge in [0.1, 0.15) is 11.5 Å². The zero-order chi connectivity index (χ0) is 15.8. The minimum absolute atomic E-state index is 0.0347. The van der Waals surface area contributed by atoms with Gasteiger partial charge in [-0.3, -0.25) is 9.59 Å². The van der Waals surface area contributed by atoms with Crippen molar-refractivity contribution in [3.8, 4) is 11.5 Å². The summed E-state index contributed by atoms with van der Waals surface area (Å²) in [5.41, 5.74) is 1.76. The lowest BCUT2D eigenvalue weighted by molar-refractivity contribution is 0.111. The lowest BCUT2D eigenvalue weighted by Gasteiger charge is -2.05. The summed E-state index contributed by atoms with van der Waals surface area (Å²) in [6.07, 6.45) is 1.29. The molecule has 0 atom stereocenters. The number of hydrogen-bond donors (Lipinski definition) is 2. The van der Waals surface area contributed by atoms with Gasteiger partial charge in [0.25, 0.3) is 0 Å². The minimum atomic E-state index is 0.0347. The second-order valence-electron chi connectivity index (χ2n) is 4.77. The van der Waals surface area contributed by atoms with Crippen molar-refractivity contribution in [1.82, 2.24) is 0 Å². The Hall–Kier alpha value is -2.62. The van der Waals surface area contributed by atoms with Crippen LogP contribution in [0.25, 0.3) is 0 Å². The van der Waals surface area contributed by atoms with Crippen LogP contribution in [-0.2, 0) is 0 Å². The van der Waals surface area contributed by atoms with Gasteiger partial charge in [0.2, 0.25) is 0 Å². The van der Waals surface area contributed by atoms with Gasteiger partial charge in [-0.05, 0) is 35.7 Å². The van der Waals surface area contributed by atoms with Gasteiger partial charge >= 0.3 is 0 Å². The van der Waals surface area contributed by atoms with E-state index in [4.69, 9.17) is 5.11 Å². The van der Waals surface area contributed by atoms with E-state index in [1.807, 2.05) is 19.9 Å². The molecule has 0 fully saturated rings. The molecule has 110 valence electrons.